The first-order valence-electron chi connectivity index (χ1n) is 8.95. The molecule has 2 atom stereocenters. The minimum atomic E-state index is -3.83. The number of carbonyl (C=O) groups is 1. The number of sulfonamides is 2. The van der Waals surface area contributed by atoms with Gasteiger partial charge in [-0.25, -0.2) is 21.6 Å². The van der Waals surface area contributed by atoms with E-state index in [2.05, 4.69) is 9.44 Å². The molecule has 1 aromatic rings. The number of hydrogen-bond acceptors (Lipinski definition) is 6. The molecule has 0 bridgehead atoms. The van der Waals surface area contributed by atoms with Gasteiger partial charge in [0.05, 0.1) is 11.2 Å². The summed E-state index contributed by atoms with van der Waals surface area (Å²) in [4.78, 5) is 14.7. The quantitative estimate of drug-likeness (QED) is 0.572. The second-order valence-electron chi connectivity index (χ2n) is 6.78. The molecule has 158 valence electrons. The number of likely N-dealkylation sites (tertiary alicyclic amines) is 1. The molecule has 0 aromatic heterocycles. The molecule has 1 aliphatic heterocycles. The molecule has 2 rings (SSSR count). The minimum absolute atomic E-state index is 0.104. The number of hydrogen-bond donors (Lipinski definition) is 2. The monoisotopic (exact) mass is 449 g/mol. The zero-order valence-corrected chi connectivity index (χ0v) is 18.4. The van der Waals surface area contributed by atoms with Gasteiger partial charge in [0.2, 0.25) is 26.0 Å². The number of benzene rings is 1. The van der Waals surface area contributed by atoms with Crippen molar-refractivity contribution in [3.8, 4) is 0 Å². The fourth-order valence-electron chi connectivity index (χ4n) is 3.12. The van der Waals surface area contributed by atoms with Crippen LogP contribution in [0, 0.1) is 0 Å². The van der Waals surface area contributed by atoms with Crippen LogP contribution < -0.4 is 9.44 Å². The molecule has 8 nitrogen and oxygen atoms in total. The Bertz CT molecular complexity index is 859. The van der Waals surface area contributed by atoms with Gasteiger partial charge in [-0.1, -0.05) is 18.2 Å². The lowest BCUT2D eigenvalue weighted by atomic mass is 10.1. The molecule has 2 unspecified atom stereocenters. The summed E-state index contributed by atoms with van der Waals surface area (Å²) in [7, 11) is -7.21. The van der Waals surface area contributed by atoms with Gasteiger partial charge in [0.25, 0.3) is 0 Å². The van der Waals surface area contributed by atoms with Crippen molar-refractivity contribution in [2.45, 2.75) is 36.2 Å². The van der Waals surface area contributed by atoms with Crippen molar-refractivity contribution in [3.63, 3.8) is 0 Å². The second-order valence-corrected chi connectivity index (χ2v) is 11.3. The molecular weight excluding hydrogens is 422 g/mol. The molecule has 28 heavy (non-hydrogen) atoms. The third kappa shape index (κ3) is 7.03. The SMILES string of the molecule is CSCCC(NS(=O)(=O)c1ccccc1)C(=O)N1CCCC(NS(C)(=O)=O)C1. The summed E-state index contributed by atoms with van der Waals surface area (Å²) in [5.41, 5.74) is 0. The number of nitrogens with one attached hydrogen (secondary N) is 2. The highest BCUT2D eigenvalue weighted by Crippen LogP contribution is 2.16. The van der Waals surface area contributed by atoms with Crippen molar-refractivity contribution in [1.29, 1.82) is 0 Å². The predicted octanol–water partition coefficient (Wildman–Crippen LogP) is 0.627. The van der Waals surface area contributed by atoms with Crippen LogP contribution in [0.5, 0.6) is 0 Å². The smallest absolute Gasteiger partial charge is 0.241 e. The van der Waals surface area contributed by atoms with Gasteiger partial charge in [0.15, 0.2) is 0 Å². The predicted molar refractivity (Wildman–Crippen MR) is 111 cm³/mol. The average Bonchev–Trinajstić information content (AvgIpc) is 2.64. The highest BCUT2D eigenvalue weighted by molar-refractivity contribution is 7.98. The Morgan fingerprint density at radius 3 is 2.54 bits per heavy atom. The van der Waals surface area contributed by atoms with Gasteiger partial charge >= 0.3 is 0 Å². The van der Waals surface area contributed by atoms with Gasteiger partial charge in [0.1, 0.15) is 6.04 Å². The van der Waals surface area contributed by atoms with Crippen LogP contribution in [0.25, 0.3) is 0 Å². The number of piperidine rings is 1. The topological polar surface area (TPSA) is 113 Å². The third-order valence-electron chi connectivity index (χ3n) is 4.37. The summed E-state index contributed by atoms with van der Waals surface area (Å²) in [5, 5.41) is 0. The summed E-state index contributed by atoms with van der Waals surface area (Å²) < 4.78 is 53.4. The van der Waals surface area contributed by atoms with Crippen LogP contribution in [-0.2, 0) is 24.8 Å². The highest BCUT2D eigenvalue weighted by atomic mass is 32.2. The van der Waals surface area contributed by atoms with Crippen LogP contribution in [0.3, 0.4) is 0 Å². The first-order valence-corrected chi connectivity index (χ1v) is 13.7. The van der Waals surface area contributed by atoms with Gasteiger partial charge in [-0.3, -0.25) is 4.79 Å². The van der Waals surface area contributed by atoms with Crippen LogP contribution in [-0.4, -0.2) is 71.1 Å². The summed E-state index contributed by atoms with van der Waals surface area (Å²) in [6.45, 7) is 0.707. The van der Waals surface area contributed by atoms with E-state index >= 15 is 0 Å². The molecule has 0 spiro atoms. The van der Waals surface area contributed by atoms with Crippen LogP contribution in [0.4, 0.5) is 0 Å². The molecule has 0 aliphatic carbocycles. The van der Waals surface area contributed by atoms with E-state index in [0.717, 1.165) is 6.26 Å². The van der Waals surface area contributed by atoms with Gasteiger partial charge in [-0.05, 0) is 43.4 Å². The average molecular weight is 450 g/mol. The third-order valence-corrected chi connectivity index (χ3v) is 7.27. The maximum atomic E-state index is 13.0. The van der Waals surface area contributed by atoms with Crippen molar-refractivity contribution >= 4 is 37.7 Å². The fraction of sp³-hybridized carbons (Fsp3) is 0.588. The van der Waals surface area contributed by atoms with E-state index < -0.39 is 26.1 Å². The first-order chi connectivity index (χ1) is 13.1. The Hall–Kier alpha value is -1.14. The molecule has 1 heterocycles. The fourth-order valence-corrected chi connectivity index (χ4v) is 5.63. The maximum Gasteiger partial charge on any atom is 0.241 e. The largest absolute Gasteiger partial charge is 0.340 e. The Morgan fingerprint density at radius 1 is 1.25 bits per heavy atom. The van der Waals surface area contributed by atoms with Crippen molar-refractivity contribution in [1.82, 2.24) is 14.3 Å². The van der Waals surface area contributed by atoms with Crippen molar-refractivity contribution in [3.05, 3.63) is 30.3 Å². The van der Waals surface area contributed by atoms with Crippen LogP contribution >= 0.6 is 11.8 Å². The second kappa shape index (κ2) is 10.1. The van der Waals surface area contributed by atoms with Crippen LogP contribution in [0.15, 0.2) is 35.2 Å². The highest BCUT2D eigenvalue weighted by Gasteiger charge is 2.32. The van der Waals surface area contributed by atoms with E-state index in [1.807, 2.05) is 6.26 Å². The van der Waals surface area contributed by atoms with E-state index in [1.54, 1.807) is 23.1 Å². The molecule has 1 aliphatic rings. The molecule has 1 saturated heterocycles. The summed E-state index contributed by atoms with van der Waals surface area (Å²) in [5.74, 6) is 0.292. The lowest BCUT2D eigenvalue weighted by molar-refractivity contribution is -0.134. The lowest BCUT2D eigenvalue weighted by Gasteiger charge is -2.35. The summed E-state index contributed by atoms with van der Waals surface area (Å²) in [6.07, 6.45) is 4.62. The van der Waals surface area contributed by atoms with Gasteiger partial charge in [0, 0.05) is 19.1 Å². The lowest BCUT2D eigenvalue weighted by Crippen LogP contribution is -2.55. The zero-order valence-electron chi connectivity index (χ0n) is 16.0. The number of rotatable bonds is 9. The normalized spacial score (nSPS) is 19.4. The molecule has 11 heteroatoms. The molecule has 0 saturated carbocycles. The first kappa shape index (κ1) is 23.1. The molecule has 1 fully saturated rings. The van der Waals surface area contributed by atoms with E-state index in [1.165, 1.54) is 23.9 Å². The molecule has 1 aromatic carbocycles. The molecule has 1 amide bonds. The van der Waals surface area contributed by atoms with Gasteiger partial charge < -0.3 is 4.90 Å². The number of nitrogens with zero attached hydrogens (tertiary/aromatic N) is 1. The van der Waals surface area contributed by atoms with E-state index in [-0.39, 0.29) is 23.4 Å². The Balaban J connectivity index is 2.14. The number of amides is 1. The molecular formula is C17H27N3O5S3. The molecule has 0 radical (unpaired) electrons. The zero-order chi connectivity index (χ0) is 20.8. The number of thioether (sulfide) groups is 1. The van der Waals surface area contributed by atoms with Crippen molar-refractivity contribution < 1.29 is 21.6 Å². The maximum absolute atomic E-state index is 13.0. The van der Waals surface area contributed by atoms with Gasteiger partial charge in [-0.15, -0.1) is 0 Å². The van der Waals surface area contributed by atoms with E-state index in [0.29, 0.717) is 31.6 Å². The Labute approximate surface area is 171 Å². The number of carbonyl (C=O) groups excluding carboxylic acids is 1. The van der Waals surface area contributed by atoms with Crippen molar-refractivity contribution in [2.75, 3.05) is 31.4 Å². The van der Waals surface area contributed by atoms with Crippen LogP contribution in [0.1, 0.15) is 19.3 Å². The van der Waals surface area contributed by atoms with E-state index in [4.69, 9.17) is 0 Å². The van der Waals surface area contributed by atoms with Crippen LogP contribution in [0.2, 0.25) is 0 Å². The van der Waals surface area contributed by atoms with E-state index in [9.17, 15) is 21.6 Å². The Morgan fingerprint density at radius 2 is 1.93 bits per heavy atom. The summed E-state index contributed by atoms with van der Waals surface area (Å²) in [6, 6.07) is 6.67. The minimum Gasteiger partial charge on any atom is -0.340 e. The summed E-state index contributed by atoms with van der Waals surface area (Å²) >= 11 is 1.53. The molecule has 2 N–H and O–H groups in total. The Kier molecular flexibility index (Phi) is 8.31. The van der Waals surface area contributed by atoms with Crippen molar-refractivity contribution in [2.24, 2.45) is 0 Å². The standard InChI is InChI=1S/C17H27N3O5S3/c1-26-12-10-16(19-28(24,25)15-8-4-3-5-9-15)17(21)20-11-6-7-14(13-20)18-27(2,22)23/h3-5,8-9,14,16,18-19H,6-7,10-13H2,1-2H3. The van der Waals surface area contributed by atoms with Gasteiger partial charge in [-0.2, -0.15) is 16.5 Å².